The highest BCUT2D eigenvalue weighted by Gasteiger charge is 2.17. The molecule has 3 rings (SSSR count). The third-order valence-electron chi connectivity index (χ3n) is 3.69. The number of benzene rings is 1. The monoisotopic (exact) mass is 296 g/mol. The summed E-state index contributed by atoms with van der Waals surface area (Å²) in [7, 11) is 3.05. The molecular formula is C16H16N4O2. The smallest absolute Gasteiger partial charge is 0.332 e. The Morgan fingerprint density at radius 1 is 1.05 bits per heavy atom. The van der Waals surface area contributed by atoms with Crippen molar-refractivity contribution in [2.75, 3.05) is 5.32 Å². The van der Waals surface area contributed by atoms with Crippen molar-refractivity contribution in [2.24, 2.45) is 19.1 Å². The molecule has 112 valence electrons. The van der Waals surface area contributed by atoms with E-state index < -0.39 is 11.2 Å². The lowest BCUT2D eigenvalue weighted by Crippen LogP contribution is -2.37. The summed E-state index contributed by atoms with van der Waals surface area (Å²) in [6.45, 7) is 2.01. The van der Waals surface area contributed by atoms with Crippen LogP contribution < -0.4 is 16.6 Å². The van der Waals surface area contributed by atoms with Gasteiger partial charge in [0.15, 0.2) is 5.82 Å². The molecule has 1 aromatic carbocycles. The first-order valence-electron chi connectivity index (χ1n) is 6.87. The Balaban J connectivity index is 2.16. The summed E-state index contributed by atoms with van der Waals surface area (Å²) < 4.78 is 2.42. The summed E-state index contributed by atoms with van der Waals surface area (Å²) in [5.74, 6) is 0.325. The van der Waals surface area contributed by atoms with Gasteiger partial charge in [-0.25, -0.2) is 9.79 Å². The predicted octanol–water partition coefficient (Wildman–Crippen LogP) is 1.56. The second kappa shape index (κ2) is 5.14. The van der Waals surface area contributed by atoms with Crippen LogP contribution in [-0.4, -0.2) is 15.3 Å². The van der Waals surface area contributed by atoms with Crippen LogP contribution in [-0.2, 0) is 14.1 Å². The molecule has 6 nitrogen and oxygen atoms in total. The van der Waals surface area contributed by atoms with Crippen LogP contribution in [0.5, 0.6) is 0 Å². The lowest BCUT2D eigenvalue weighted by molar-refractivity contribution is 0.693. The number of hydrogen-bond donors (Lipinski definition) is 1. The molecule has 1 N–H and O–H groups in total. The SMILES string of the molecule is Cc1ccc(C2=CC=Nc3c(c(=O)n(C)c(=O)n3C)N2)cc1. The standard InChI is InChI=1S/C16H16N4O2/c1-10-4-6-11(7-5-10)12-8-9-17-14-13(18-12)15(21)20(3)16(22)19(14)2/h4-9,18H,1-3H3. The van der Waals surface area contributed by atoms with Crippen LogP contribution in [0, 0.1) is 6.92 Å². The second-order valence-electron chi connectivity index (χ2n) is 5.25. The number of rotatable bonds is 1. The van der Waals surface area contributed by atoms with Crippen LogP contribution in [0.4, 0.5) is 11.5 Å². The lowest BCUT2D eigenvalue weighted by Gasteiger charge is -2.14. The van der Waals surface area contributed by atoms with Crippen LogP contribution in [0.3, 0.4) is 0 Å². The molecule has 0 saturated heterocycles. The molecule has 22 heavy (non-hydrogen) atoms. The molecule has 6 heteroatoms. The van der Waals surface area contributed by atoms with Crippen molar-refractivity contribution >= 4 is 23.4 Å². The second-order valence-corrected chi connectivity index (χ2v) is 5.25. The van der Waals surface area contributed by atoms with Crippen LogP contribution in [0.2, 0.25) is 0 Å². The van der Waals surface area contributed by atoms with Gasteiger partial charge in [0.1, 0.15) is 5.69 Å². The highest BCUT2D eigenvalue weighted by atomic mass is 16.2. The lowest BCUT2D eigenvalue weighted by atomic mass is 10.1. The summed E-state index contributed by atoms with van der Waals surface area (Å²) >= 11 is 0. The zero-order valence-electron chi connectivity index (χ0n) is 12.6. The van der Waals surface area contributed by atoms with Gasteiger partial charge in [0.05, 0.1) is 0 Å². The van der Waals surface area contributed by atoms with Crippen LogP contribution in [0.15, 0.2) is 44.9 Å². The maximum absolute atomic E-state index is 12.4. The number of allylic oxidation sites excluding steroid dienone is 1. The molecule has 1 aliphatic rings. The third-order valence-corrected chi connectivity index (χ3v) is 3.69. The summed E-state index contributed by atoms with van der Waals surface area (Å²) in [5.41, 5.74) is 2.37. The van der Waals surface area contributed by atoms with Gasteiger partial charge in [-0.3, -0.25) is 13.9 Å². The number of hydrogen-bond acceptors (Lipinski definition) is 4. The van der Waals surface area contributed by atoms with E-state index in [1.54, 1.807) is 19.3 Å². The molecule has 0 fully saturated rings. The maximum Gasteiger partial charge on any atom is 0.332 e. The van der Waals surface area contributed by atoms with Crippen molar-refractivity contribution in [3.63, 3.8) is 0 Å². The molecule has 2 heterocycles. The molecular weight excluding hydrogens is 280 g/mol. The molecule has 1 aliphatic heterocycles. The number of fused-ring (bicyclic) bond motifs is 1. The number of aryl methyl sites for hydroxylation is 1. The molecule has 0 unspecified atom stereocenters. The maximum atomic E-state index is 12.4. The predicted molar refractivity (Wildman–Crippen MR) is 87.9 cm³/mol. The topological polar surface area (TPSA) is 68.4 Å². The fourth-order valence-corrected chi connectivity index (χ4v) is 2.35. The van der Waals surface area contributed by atoms with Crippen molar-refractivity contribution in [3.8, 4) is 0 Å². The van der Waals surface area contributed by atoms with Crippen molar-refractivity contribution in [1.82, 2.24) is 9.13 Å². The van der Waals surface area contributed by atoms with E-state index in [9.17, 15) is 9.59 Å². The normalized spacial score (nSPS) is 13.1. The van der Waals surface area contributed by atoms with E-state index in [2.05, 4.69) is 10.3 Å². The van der Waals surface area contributed by atoms with Crippen LogP contribution in [0.1, 0.15) is 11.1 Å². The molecule has 0 radical (unpaired) electrons. The van der Waals surface area contributed by atoms with Gasteiger partial charge in [0.25, 0.3) is 5.56 Å². The van der Waals surface area contributed by atoms with E-state index in [0.29, 0.717) is 11.5 Å². The van der Waals surface area contributed by atoms with Gasteiger partial charge in [-0.05, 0) is 18.6 Å². The third kappa shape index (κ3) is 2.18. The van der Waals surface area contributed by atoms with Crippen LogP contribution in [0.25, 0.3) is 5.70 Å². The largest absolute Gasteiger partial charge is 0.347 e. The van der Waals surface area contributed by atoms with E-state index in [0.717, 1.165) is 21.4 Å². The van der Waals surface area contributed by atoms with E-state index in [1.165, 1.54) is 11.6 Å². The Labute approximate surface area is 127 Å². The van der Waals surface area contributed by atoms with Crippen molar-refractivity contribution in [1.29, 1.82) is 0 Å². The average molecular weight is 296 g/mol. The van der Waals surface area contributed by atoms with Gasteiger partial charge in [0, 0.05) is 26.0 Å². The van der Waals surface area contributed by atoms with E-state index in [1.807, 2.05) is 31.2 Å². The molecule has 0 amide bonds. The Hall–Kier alpha value is -2.89. The summed E-state index contributed by atoms with van der Waals surface area (Å²) in [6, 6.07) is 7.94. The molecule has 1 aromatic heterocycles. The zero-order chi connectivity index (χ0) is 15.9. The van der Waals surface area contributed by atoms with Gasteiger partial charge >= 0.3 is 5.69 Å². The first kappa shape index (κ1) is 14.1. The number of aliphatic imine (C=N–C) groups is 1. The molecule has 2 aromatic rings. The highest BCUT2D eigenvalue weighted by molar-refractivity contribution is 5.94. The summed E-state index contributed by atoms with van der Waals surface area (Å²) in [4.78, 5) is 28.6. The summed E-state index contributed by atoms with van der Waals surface area (Å²) in [5, 5.41) is 3.12. The quantitative estimate of drug-likeness (QED) is 0.868. The number of nitrogens with one attached hydrogen (secondary N) is 1. The molecule has 0 spiro atoms. The Morgan fingerprint density at radius 3 is 2.41 bits per heavy atom. The molecule has 0 atom stereocenters. The van der Waals surface area contributed by atoms with Gasteiger partial charge in [-0.1, -0.05) is 29.8 Å². The fraction of sp³-hybridized carbons (Fsp3) is 0.188. The van der Waals surface area contributed by atoms with Crippen molar-refractivity contribution in [3.05, 3.63) is 62.3 Å². The Kier molecular flexibility index (Phi) is 3.29. The minimum Gasteiger partial charge on any atom is -0.347 e. The molecule has 0 aliphatic carbocycles. The first-order chi connectivity index (χ1) is 10.5. The van der Waals surface area contributed by atoms with E-state index in [-0.39, 0.29) is 0 Å². The number of anilines is 1. The minimum atomic E-state index is -0.401. The molecule has 0 bridgehead atoms. The summed E-state index contributed by atoms with van der Waals surface area (Å²) in [6.07, 6.45) is 3.38. The van der Waals surface area contributed by atoms with Crippen molar-refractivity contribution < 1.29 is 0 Å². The van der Waals surface area contributed by atoms with Gasteiger partial charge < -0.3 is 5.32 Å². The van der Waals surface area contributed by atoms with Gasteiger partial charge in [-0.2, -0.15) is 0 Å². The Bertz CT molecular complexity index is 915. The van der Waals surface area contributed by atoms with E-state index in [4.69, 9.17) is 0 Å². The average Bonchev–Trinajstić information content (AvgIpc) is 2.75. The van der Waals surface area contributed by atoms with Crippen molar-refractivity contribution in [2.45, 2.75) is 6.92 Å². The molecule has 0 saturated carbocycles. The minimum absolute atomic E-state index is 0.296. The van der Waals surface area contributed by atoms with Gasteiger partial charge in [0.2, 0.25) is 0 Å². The first-order valence-corrected chi connectivity index (χ1v) is 6.87. The Morgan fingerprint density at radius 2 is 1.73 bits per heavy atom. The zero-order valence-corrected chi connectivity index (χ0v) is 12.6. The fourth-order valence-electron chi connectivity index (χ4n) is 2.35. The van der Waals surface area contributed by atoms with E-state index >= 15 is 0 Å². The number of nitrogens with zero attached hydrogens (tertiary/aromatic N) is 3. The highest BCUT2D eigenvalue weighted by Crippen LogP contribution is 2.25. The number of aromatic nitrogens is 2. The van der Waals surface area contributed by atoms with Crippen LogP contribution >= 0.6 is 0 Å². The van der Waals surface area contributed by atoms with Gasteiger partial charge in [-0.15, -0.1) is 0 Å².